The van der Waals surface area contributed by atoms with Gasteiger partial charge in [-0.05, 0) is 0 Å². The molecule has 2 aromatic rings. The predicted octanol–water partition coefficient (Wildman–Crippen LogP) is 0.834. The zero-order chi connectivity index (χ0) is 17.6. The van der Waals surface area contributed by atoms with Crippen molar-refractivity contribution in [1.29, 1.82) is 0 Å². The summed E-state index contributed by atoms with van der Waals surface area (Å²) in [5, 5.41) is 0. The number of hydrogen-bond acceptors (Lipinski definition) is 0. The minimum Gasteiger partial charge on any atom is -1.00 e. The summed E-state index contributed by atoms with van der Waals surface area (Å²) in [6.45, 7) is 6.84. The Labute approximate surface area is 191 Å². The molecular weight excluding hydrogens is 450 g/mol. The van der Waals surface area contributed by atoms with E-state index in [9.17, 15) is 0 Å². The molecule has 2 aromatic carbocycles. The number of halogens is 2. The van der Waals surface area contributed by atoms with Crippen LogP contribution in [0, 0.1) is 5.92 Å². The van der Waals surface area contributed by atoms with E-state index in [4.69, 9.17) is 0 Å². The van der Waals surface area contributed by atoms with Gasteiger partial charge in [0.05, 0.1) is 0 Å². The minimum absolute atomic E-state index is 0. The fourth-order valence-electron chi connectivity index (χ4n) is 4.44. The van der Waals surface area contributed by atoms with Crippen molar-refractivity contribution < 1.29 is 49.5 Å². The number of benzene rings is 2. The van der Waals surface area contributed by atoms with Gasteiger partial charge in [-0.1, -0.05) is 0 Å². The summed E-state index contributed by atoms with van der Waals surface area (Å²) in [7, 11) is 0. The number of allylic oxidation sites excluding steroid dienone is 1. The van der Waals surface area contributed by atoms with Crippen LogP contribution in [0.15, 0.2) is 48.0 Å². The van der Waals surface area contributed by atoms with E-state index < -0.39 is 0 Å². The molecule has 0 heterocycles. The van der Waals surface area contributed by atoms with Gasteiger partial charge in [0.25, 0.3) is 0 Å². The monoisotopic (exact) mass is 475 g/mol. The van der Waals surface area contributed by atoms with Crippen molar-refractivity contribution in [2.75, 3.05) is 0 Å². The van der Waals surface area contributed by atoms with E-state index in [-0.39, 0.29) is 30.2 Å². The van der Waals surface area contributed by atoms with Gasteiger partial charge in [0.2, 0.25) is 0 Å². The number of rotatable bonds is 2. The average molecular weight is 478 g/mol. The van der Waals surface area contributed by atoms with E-state index in [1.807, 2.05) is 0 Å². The molecule has 0 spiro atoms. The summed E-state index contributed by atoms with van der Waals surface area (Å²) < 4.78 is 0.680. The van der Waals surface area contributed by atoms with E-state index in [0.717, 1.165) is 5.92 Å². The number of fused-ring (bicyclic) bond motifs is 1. The van der Waals surface area contributed by atoms with E-state index in [2.05, 4.69) is 69.3 Å². The molecule has 1 fully saturated rings. The topological polar surface area (TPSA) is 0 Å². The predicted molar refractivity (Wildman–Crippen MR) is 103 cm³/mol. The molecule has 0 amide bonds. The molecule has 0 nitrogen and oxygen atoms in total. The third-order valence-corrected chi connectivity index (χ3v) is 7.57. The van der Waals surface area contributed by atoms with Crippen molar-refractivity contribution in [2.45, 2.75) is 55.5 Å². The first kappa shape index (κ1) is 22.9. The van der Waals surface area contributed by atoms with Crippen molar-refractivity contribution in [3.05, 3.63) is 64.7 Å². The van der Waals surface area contributed by atoms with Crippen LogP contribution in [-0.2, 0) is 30.1 Å². The Kier molecular flexibility index (Phi) is 7.63. The molecule has 0 radical (unpaired) electrons. The van der Waals surface area contributed by atoms with Crippen LogP contribution in [-0.4, -0.2) is 0 Å². The Balaban J connectivity index is 0.00000131. The largest absolute Gasteiger partial charge is 1.00 e. The SMILES string of the molecule is CC(C)(C)c1ccc(-c2cccc3c2C=C(C2CCCC2)[CH]3[Zr+2])cc1.[Cl-].[Cl-]. The Morgan fingerprint density at radius 2 is 1.52 bits per heavy atom. The van der Waals surface area contributed by atoms with E-state index >= 15 is 0 Å². The summed E-state index contributed by atoms with van der Waals surface area (Å²) in [4.78, 5) is 0. The smallest absolute Gasteiger partial charge is 1.00 e. The molecular formula is C24H27Cl2Zr. The van der Waals surface area contributed by atoms with Crippen LogP contribution in [0.5, 0.6) is 0 Å². The molecule has 2 aliphatic carbocycles. The Morgan fingerprint density at radius 3 is 2.11 bits per heavy atom. The molecule has 0 aliphatic heterocycles. The standard InChI is InChI=1S/C24H27.2ClH.Zr/c1-24(2,3)21-13-11-18(12-14-21)22-10-6-9-19-15-20(16-23(19)22)17-7-4-5-8-17;;;/h6,9-17H,4-5,7-8H2,1-3H3;2*1H;/q;;;+2/p-2. The quantitative estimate of drug-likeness (QED) is 0.602. The summed E-state index contributed by atoms with van der Waals surface area (Å²) in [5.74, 6) is 0.841. The van der Waals surface area contributed by atoms with Crippen molar-refractivity contribution in [2.24, 2.45) is 5.92 Å². The molecule has 1 saturated carbocycles. The van der Waals surface area contributed by atoms with Crippen molar-refractivity contribution in [1.82, 2.24) is 0 Å². The maximum atomic E-state index is 2.55. The van der Waals surface area contributed by atoms with Gasteiger partial charge in [0.1, 0.15) is 0 Å². The van der Waals surface area contributed by atoms with E-state index in [1.165, 1.54) is 47.9 Å². The third kappa shape index (κ3) is 4.47. The molecule has 0 N–H and O–H groups in total. The first-order valence-corrected chi connectivity index (χ1v) is 11.0. The van der Waals surface area contributed by atoms with Gasteiger partial charge >= 0.3 is 168 Å². The average Bonchev–Trinajstić information content (AvgIpc) is 3.22. The first-order chi connectivity index (χ1) is 11.9. The molecule has 4 rings (SSSR count). The van der Waals surface area contributed by atoms with Crippen LogP contribution < -0.4 is 24.8 Å². The molecule has 3 heteroatoms. The Morgan fingerprint density at radius 1 is 0.889 bits per heavy atom. The molecule has 141 valence electrons. The molecule has 0 saturated heterocycles. The fraction of sp³-hybridized carbons (Fsp3) is 0.417. The maximum Gasteiger partial charge on any atom is -1.00 e. The van der Waals surface area contributed by atoms with Crippen LogP contribution in [0.2, 0.25) is 0 Å². The van der Waals surface area contributed by atoms with Crippen molar-refractivity contribution >= 4 is 6.08 Å². The molecule has 1 unspecified atom stereocenters. The van der Waals surface area contributed by atoms with Gasteiger partial charge in [-0.3, -0.25) is 0 Å². The number of hydrogen-bond donors (Lipinski definition) is 0. The summed E-state index contributed by atoms with van der Waals surface area (Å²) in [5.41, 5.74) is 9.18. The van der Waals surface area contributed by atoms with Crippen LogP contribution in [0.1, 0.15) is 66.8 Å². The van der Waals surface area contributed by atoms with Gasteiger partial charge in [0, 0.05) is 0 Å². The molecule has 0 bridgehead atoms. The van der Waals surface area contributed by atoms with Gasteiger partial charge in [-0.2, -0.15) is 0 Å². The summed E-state index contributed by atoms with van der Waals surface area (Å²) in [6.07, 6.45) is 8.20. The van der Waals surface area contributed by atoms with Crippen LogP contribution in [0.25, 0.3) is 17.2 Å². The van der Waals surface area contributed by atoms with Crippen LogP contribution in [0.4, 0.5) is 0 Å². The first-order valence-electron chi connectivity index (χ1n) is 9.61. The molecule has 2 aliphatic rings. The van der Waals surface area contributed by atoms with E-state index in [1.54, 1.807) is 35.9 Å². The second kappa shape index (κ2) is 8.98. The Bertz CT molecular complexity index is 809. The summed E-state index contributed by atoms with van der Waals surface area (Å²) in [6, 6.07) is 16.2. The Hall–Kier alpha value is -0.357. The van der Waals surface area contributed by atoms with Crippen molar-refractivity contribution in [3.63, 3.8) is 0 Å². The third-order valence-electron chi connectivity index (χ3n) is 5.98. The van der Waals surface area contributed by atoms with Gasteiger partial charge < -0.3 is 24.8 Å². The zero-order valence-corrected chi connectivity index (χ0v) is 20.3. The van der Waals surface area contributed by atoms with E-state index in [0.29, 0.717) is 3.63 Å². The maximum absolute atomic E-state index is 2.55. The fourth-order valence-corrected chi connectivity index (χ4v) is 5.84. The second-order valence-corrected chi connectivity index (χ2v) is 10.1. The zero-order valence-electron chi connectivity index (χ0n) is 16.4. The minimum atomic E-state index is 0. The van der Waals surface area contributed by atoms with Gasteiger partial charge in [0.15, 0.2) is 0 Å². The molecule has 1 atom stereocenters. The van der Waals surface area contributed by atoms with Crippen molar-refractivity contribution in [3.8, 4) is 11.1 Å². The van der Waals surface area contributed by atoms with Gasteiger partial charge in [-0.15, -0.1) is 0 Å². The van der Waals surface area contributed by atoms with Crippen LogP contribution in [0.3, 0.4) is 0 Å². The molecule has 27 heavy (non-hydrogen) atoms. The molecule has 0 aromatic heterocycles. The van der Waals surface area contributed by atoms with Gasteiger partial charge in [-0.25, -0.2) is 0 Å². The second-order valence-electron chi connectivity index (χ2n) is 8.69. The van der Waals surface area contributed by atoms with Crippen LogP contribution >= 0.6 is 0 Å². The normalized spacial score (nSPS) is 19.1. The summed E-state index contributed by atoms with van der Waals surface area (Å²) >= 11 is 1.64.